The molecule has 6 heteroatoms. The van der Waals surface area contributed by atoms with Crippen LogP contribution in [0, 0.1) is 0 Å². The molecule has 0 aromatic heterocycles. The number of unbranched alkanes of at least 4 members (excludes halogenated alkanes) is 1. The van der Waals surface area contributed by atoms with E-state index in [2.05, 4.69) is 6.92 Å². The van der Waals surface area contributed by atoms with Gasteiger partial charge in [0.1, 0.15) is 6.10 Å². The predicted octanol–water partition coefficient (Wildman–Crippen LogP) is 1.21. The summed E-state index contributed by atoms with van der Waals surface area (Å²) >= 11 is 0. The average Bonchev–Trinajstić information content (AvgIpc) is 2.47. The van der Waals surface area contributed by atoms with Gasteiger partial charge in [-0.2, -0.15) is 0 Å². The highest BCUT2D eigenvalue weighted by atomic mass is 16.6. The molecule has 0 aromatic carbocycles. The zero-order valence-electron chi connectivity index (χ0n) is 13.2. The number of rotatable bonds is 14. The Morgan fingerprint density at radius 3 is 2.05 bits per heavy atom. The van der Waals surface area contributed by atoms with Crippen LogP contribution in [0.2, 0.25) is 0 Å². The van der Waals surface area contributed by atoms with Crippen molar-refractivity contribution in [1.82, 2.24) is 0 Å². The third-order valence-electron chi connectivity index (χ3n) is 3.26. The van der Waals surface area contributed by atoms with Gasteiger partial charge in [0.2, 0.25) is 0 Å². The molecule has 1 fully saturated rings. The van der Waals surface area contributed by atoms with Gasteiger partial charge in [0.25, 0.3) is 0 Å². The summed E-state index contributed by atoms with van der Waals surface area (Å²) in [7, 11) is 1.53. The molecule has 0 saturated heterocycles. The van der Waals surface area contributed by atoms with Gasteiger partial charge in [-0.05, 0) is 6.42 Å². The molecule has 0 aromatic rings. The Kier molecular flexibility index (Phi) is 10.6. The molecule has 1 aliphatic rings. The molecular formula is C15H28O6. The fraction of sp³-hybridized carbons (Fsp3) is 0.933. The fourth-order valence-corrected chi connectivity index (χ4v) is 1.94. The molecule has 6 nitrogen and oxygen atoms in total. The first-order valence-electron chi connectivity index (χ1n) is 7.70. The van der Waals surface area contributed by atoms with Crippen LogP contribution in [0.1, 0.15) is 26.2 Å². The predicted molar refractivity (Wildman–Crippen MR) is 77.5 cm³/mol. The number of carbonyl (C=O) groups excluding carboxylic acids is 1. The molecule has 1 aliphatic carbocycles. The standard InChI is InChI=1S/C15H28O6/c1-3-4-5-18-6-7-19-8-9-20-10-11-21-14-12-13(16)15(14)17-2/h14-15H,3-12H2,1-2H3. The van der Waals surface area contributed by atoms with Gasteiger partial charge in [-0.1, -0.05) is 13.3 Å². The number of Topliss-reactive ketones (excluding diaryl/α,β-unsaturated/α-hetero) is 1. The second-order valence-corrected chi connectivity index (χ2v) is 4.93. The third kappa shape index (κ3) is 7.87. The summed E-state index contributed by atoms with van der Waals surface area (Å²) in [5, 5.41) is 0. The van der Waals surface area contributed by atoms with Crippen molar-refractivity contribution in [3.05, 3.63) is 0 Å². The van der Waals surface area contributed by atoms with Gasteiger partial charge in [-0.15, -0.1) is 0 Å². The molecule has 1 rings (SSSR count). The first-order valence-corrected chi connectivity index (χ1v) is 7.70. The van der Waals surface area contributed by atoms with Crippen molar-refractivity contribution in [2.24, 2.45) is 0 Å². The third-order valence-corrected chi connectivity index (χ3v) is 3.26. The van der Waals surface area contributed by atoms with Crippen molar-refractivity contribution < 1.29 is 28.5 Å². The van der Waals surface area contributed by atoms with Gasteiger partial charge in [0.05, 0.1) is 45.7 Å². The topological polar surface area (TPSA) is 63.2 Å². The number of hydrogen-bond acceptors (Lipinski definition) is 6. The highest BCUT2D eigenvalue weighted by Crippen LogP contribution is 2.21. The summed E-state index contributed by atoms with van der Waals surface area (Å²) < 4.78 is 26.6. The number of ketones is 1. The monoisotopic (exact) mass is 304 g/mol. The summed E-state index contributed by atoms with van der Waals surface area (Å²) in [4.78, 5) is 11.1. The molecule has 0 N–H and O–H groups in total. The van der Waals surface area contributed by atoms with E-state index in [1.807, 2.05) is 0 Å². The van der Waals surface area contributed by atoms with E-state index in [1.54, 1.807) is 0 Å². The van der Waals surface area contributed by atoms with Crippen LogP contribution in [-0.2, 0) is 28.5 Å². The minimum absolute atomic E-state index is 0.109. The number of ether oxygens (including phenoxy) is 5. The summed E-state index contributed by atoms with van der Waals surface area (Å²) in [5.41, 5.74) is 0. The maximum absolute atomic E-state index is 11.1. The van der Waals surface area contributed by atoms with Gasteiger partial charge < -0.3 is 23.7 Å². The quantitative estimate of drug-likeness (QED) is 0.450. The molecule has 0 radical (unpaired) electrons. The van der Waals surface area contributed by atoms with Crippen molar-refractivity contribution in [3.8, 4) is 0 Å². The molecule has 0 bridgehead atoms. The Hall–Kier alpha value is -0.530. The zero-order valence-corrected chi connectivity index (χ0v) is 13.2. The summed E-state index contributed by atoms with van der Waals surface area (Å²) in [6, 6.07) is 0. The van der Waals surface area contributed by atoms with E-state index in [9.17, 15) is 4.79 Å². The Morgan fingerprint density at radius 1 is 0.952 bits per heavy atom. The van der Waals surface area contributed by atoms with Crippen molar-refractivity contribution in [1.29, 1.82) is 0 Å². The van der Waals surface area contributed by atoms with E-state index in [4.69, 9.17) is 23.7 Å². The van der Waals surface area contributed by atoms with E-state index in [1.165, 1.54) is 7.11 Å². The zero-order chi connectivity index (χ0) is 15.3. The molecular weight excluding hydrogens is 276 g/mol. The summed E-state index contributed by atoms with van der Waals surface area (Å²) in [6.07, 6.45) is 2.19. The van der Waals surface area contributed by atoms with Crippen molar-refractivity contribution in [2.75, 3.05) is 53.4 Å². The van der Waals surface area contributed by atoms with E-state index in [0.29, 0.717) is 46.1 Å². The number of carbonyl (C=O) groups is 1. The largest absolute Gasteiger partial charge is 0.379 e. The Balaban J connectivity index is 1.76. The average molecular weight is 304 g/mol. The van der Waals surface area contributed by atoms with E-state index >= 15 is 0 Å². The molecule has 21 heavy (non-hydrogen) atoms. The lowest BCUT2D eigenvalue weighted by atomic mass is 9.90. The Labute approximate surface area is 127 Å². The lowest BCUT2D eigenvalue weighted by Crippen LogP contribution is -2.50. The van der Waals surface area contributed by atoms with Crippen LogP contribution in [0.5, 0.6) is 0 Å². The highest BCUT2D eigenvalue weighted by molar-refractivity contribution is 5.90. The lowest BCUT2D eigenvalue weighted by molar-refractivity contribution is -0.163. The normalized spacial score (nSPS) is 21.5. The van der Waals surface area contributed by atoms with E-state index in [-0.39, 0.29) is 18.0 Å². The molecule has 0 spiro atoms. The summed E-state index contributed by atoms with van der Waals surface area (Å²) in [6.45, 7) is 6.24. The van der Waals surface area contributed by atoms with Crippen LogP contribution in [0.4, 0.5) is 0 Å². The maximum Gasteiger partial charge on any atom is 0.166 e. The molecule has 0 amide bonds. The van der Waals surface area contributed by atoms with Crippen molar-refractivity contribution in [2.45, 2.75) is 38.4 Å². The smallest absolute Gasteiger partial charge is 0.166 e. The highest BCUT2D eigenvalue weighted by Gasteiger charge is 2.40. The number of methoxy groups -OCH3 is 1. The van der Waals surface area contributed by atoms with Gasteiger partial charge in [-0.25, -0.2) is 0 Å². The van der Waals surface area contributed by atoms with Crippen molar-refractivity contribution >= 4 is 5.78 Å². The van der Waals surface area contributed by atoms with Crippen LogP contribution >= 0.6 is 0 Å². The van der Waals surface area contributed by atoms with Crippen LogP contribution < -0.4 is 0 Å². The van der Waals surface area contributed by atoms with Crippen LogP contribution in [0.15, 0.2) is 0 Å². The van der Waals surface area contributed by atoms with Crippen LogP contribution in [0.3, 0.4) is 0 Å². The summed E-state index contributed by atoms with van der Waals surface area (Å²) in [5.74, 6) is 0.109. The van der Waals surface area contributed by atoms with Gasteiger partial charge >= 0.3 is 0 Å². The Bertz CT molecular complexity index is 271. The van der Waals surface area contributed by atoms with Gasteiger partial charge in [-0.3, -0.25) is 4.79 Å². The fourth-order valence-electron chi connectivity index (χ4n) is 1.94. The first kappa shape index (κ1) is 18.5. The van der Waals surface area contributed by atoms with Crippen LogP contribution in [0.25, 0.3) is 0 Å². The van der Waals surface area contributed by atoms with E-state index < -0.39 is 0 Å². The maximum atomic E-state index is 11.1. The van der Waals surface area contributed by atoms with Crippen LogP contribution in [-0.4, -0.2) is 71.3 Å². The SMILES string of the molecule is CCCCOCCOCCOCCOC1CC(=O)C1OC. The Morgan fingerprint density at radius 2 is 1.52 bits per heavy atom. The number of hydrogen-bond donors (Lipinski definition) is 0. The van der Waals surface area contributed by atoms with Gasteiger partial charge in [0, 0.05) is 20.1 Å². The molecule has 2 atom stereocenters. The minimum atomic E-state index is -0.388. The molecule has 0 heterocycles. The van der Waals surface area contributed by atoms with E-state index in [0.717, 1.165) is 19.4 Å². The lowest BCUT2D eigenvalue weighted by Gasteiger charge is -2.33. The minimum Gasteiger partial charge on any atom is -0.379 e. The molecule has 124 valence electrons. The second-order valence-electron chi connectivity index (χ2n) is 4.93. The first-order chi connectivity index (χ1) is 10.3. The molecule has 0 aliphatic heterocycles. The van der Waals surface area contributed by atoms with Crippen molar-refractivity contribution in [3.63, 3.8) is 0 Å². The molecule has 1 saturated carbocycles. The molecule has 2 unspecified atom stereocenters. The van der Waals surface area contributed by atoms with Gasteiger partial charge in [0.15, 0.2) is 5.78 Å². The second kappa shape index (κ2) is 12.1.